The monoisotopic (exact) mass is 342 g/mol. The average molecular weight is 343 g/mol. The van der Waals surface area contributed by atoms with Gasteiger partial charge in [0.15, 0.2) is 0 Å². The van der Waals surface area contributed by atoms with Gasteiger partial charge < -0.3 is 10.1 Å². The number of benzene rings is 1. The Morgan fingerprint density at radius 1 is 1.38 bits per heavy atom. The highest BCUT2D eigenvalue weighted by atomic mass is 35.5. The van der Waals surface area contributed by atoms with Crippen LogP contribution in [0.3, 0.4) is 0 Å². The van der Waals surface area contributed by atoms with Gasteiger partial charge in [-0.25, -0.2) is 0 Å². The normalized spacial score (nSPS) is 25.0. The minimum Gasteiger partial charge on any atom is -0.381 e. The van der Waals surface area contributed by atoms with E-state index in [-0.39, 0.29) is 5.91 Å². The molecule has 1 saturated heterocycles. The predicted molar refractivity (Wildman–Crippen MR) is 93.0 cm³/mol. The summed E-state index contributed by atoms with van der Waals surface area (Å²) < 4.78 is 5.49. The summed E-state index contributed by atoms with van der Waals surface area (Å²) >= 11 is 6.23. The Kier molecular flexibility index (Phi) is 4.02. The van der Waals surface area contributed by atoms with Crippen molar-refractivity contribution >= 4 is 17.5 Å². The Bertz CT molecular complexity index is 757. The zero-order valence-corrected chi connectivity index (χ0v) is 14.1. The van der Waals surface area contributed by atoms with Crippen LogP contribution in [0.25, 0.3) is 11.3 Å². The van der Waals surface area contributed by atoms with Crippen LogP contribution in [0.1, 0.15) is 23.2 Å². The second kappa shape index (κ2) is 6.19. The molecule has 1 aromatic carbocycles. The molecule has 0 radical (unpaired) electrons. The summed E-state index contributed by atoms with van der Waals surface area (Å²) in [5.41, 5.74) is 2.54. The highest BCUT2D eigenvalue weighted by Gasteiger charge is 2.55. The first-order chi connectivity index (χ1) is 11.7. The molecule has 1 aliphatic heterocycles. The largest absolute Gasteiger partial charge is 0.381 e. The van der Waals surface area contributed by atoms with E-state index in [4.69, 9.17) is 16.3 Å². The van der Waals surface area contributed by atoms with Gasteiger partial charge in [-0.2, -0.15) is 0 Å². The van der Waals surface area contributed by atoms with Crippen LogP contribution in [0.2, 0.25) is 5.02 Å². The molecule has 2 heterocycles. The van der Waals surface area contributed by atoms with Crippen LogP contribution < -0.4 is 5.32 Å². The first-order valence-corrected chi connectivity index (χ1v) is 8.63. The van der Waals surface area contributed by atoms with Crippen LogP contribution in [0.5, 0.6) is 0 Å². The molecule has 1 aromatic heterocycles. The van der Waals surface area contributed by atoms with Gasteiger partial charge in [-0.1, -0.05) is 23.7 Å². The zero-order chi connectivity index (χ0) is 16.6. The van der Waals surface area contributed by atoms with Crippen LogP contribution in [0.4, 0.5) is 0 Å². The van der Waals surface area contributed by atoms with Crippen molar-refractivity contribution in [3.8, 4) is 11.3 Å². The van der Waals surface area contributed by atoms with E-state index in [1.165, 1.54) is 0 Å². The maximum absolute atomic E-state index is 12.5. The first kappa shape index (κ1) is 15.6. The second-order valence-electron chi connectivity index (χ2n) is 6.69. The number of aromatic nitrogens is 1. The summed E-state index contributed by atoms with van der Waals surface area (Å²) in [6.07, 6.45) is 4.00. The smallest absolute Gasteiger partial charge is 0.252 e. The summed E-state index contributed by atoms with van der Waals surface area (Å²) in [6.45, 7) is 2.37. The Morgan fingerprint density at radius 2 is 2.29 bits per heavy atom. The lowest BCUT2D eigenvalue weighted by atomic mass is 10.0. The molecule has 0 bridgehead atoms. The lowest BCUT2D eigenvalue weighted by molar-refractivity contribution is 0.0949. The maximum Gasteiger partial charge on any atom is 0.252 e. The predicted octanol–water partition coefficient (Wildman–Crippen LogP) is 3.56. The number of nitrogens with zero attached hydrogens (tertiary/aromatic N) is 1. The third-order valence-electron chi connectivity index (χ3n) is 5.17. The van der Waals surface area contributed by atoms with Crippen molar-refractivity contribution in [3.63, 3.8) is 0 Å². The van der Waals surface area contributed by atoms with Gasteiger partial charge in [-0.3, -0.25) is 9.78 Å². The highest BCUT2D eigenvalue weighted by molar-refractivity contribution is 6.34. The molecule has 1 saturated carbocycles. The Hall–Kier alpha value is -1.91. The van der Waals surface area contributed by atoms with Gasteiger partial charge in [0.25, 0.3) is 5.91 Å². The van der Waals surface area contributed by atoms with Crippen molar-refractivity contribution in [2.75, 3.05) is 19.8 Å². The fourth-order valence-electron chi connectivity index (χ4n) is 3.53. The van der Waals surface area contributed by atoms with Crippen LogP contribution in [-0.4, -0.2) is 30.6 Å². The lowest BCUT2D eigenvalue weighted by Gasteiger charge is -2.10. The Morgan fingerprint density at radius 3 is 3.04 bits per heavy atom. The summed E-state index contributed by atoms with van der Waals surface area (Å²) in [6, 6.07) is 11.1. The van der Waals surface area contributed by atoms with Crippen molar-refractivity contribution in [1.29, 1.82) is 0 Å². The number of carbonyl (C=O) groups excluding carboxylic acids is 1. The molecule has 4 rings (SSSR count). The molecule has 2 atom stereocenters. The molecular formula is C19H19ClN2O2. The number of carbonyl (C=O) groups is 1. The summed E-state index contributed by atoms with van der Waals surface area (Å²) in [5, 5.41) is 3.49. The number of pyridine rings is 1. The van der Waals surface area contributed by atoms with Crippen molar-refractivity contribution in [2.24, 2.45) is 11.3 Å². The molecule has 1 spiro atoms. The van der Waals surface area contributed by atoms with Gasteiger partial charge >= 0.3 is 0 Å². The van der Waals surface area contributed by atoms with E-state index >= 15 is 0 Å². The Balaban J connectivity index is 1.46. The summed E-state index contributed by atoms with van der Waals surface area (Å²) in [5.74, 6) is 0.403. The van der Waals surface area contributed by atoms with Crippen LogP contribution in [0.15, 0.2) is 42.6 Å². The molecule has 5 heteroatoms. The third-order valence-corrected chi connectivity index (χ3v) is 5.50. The van der Waals surface area contributed by atoms with Crippen LogP contribution in [-0.2, 0) is 4.74 Å². The van der Waals surface area contributed by atoms with E-state index in [9.17, 15) is 4.79 Å². The van der Waals surface area contributed by atoms with Gasteiger partial charge in [0.05, 0.1) is 22.9 Å². The van der Waals surface area contributed by atoms with E-state index < -0.39 is 0 Å². The Labute approximate surface area is 146 Å². The van der Waals surface area contributed by atoms with Crippen molar-refractivity contribution in [1.82, 2.24) is 10.3 Å². The lowest BCUT2D eigenvalue weighted by Crippen LogP contribution is -2.27. The van der Waals surface area contributed by atoms with Gasteiger partial charge in [0.1, 0.15) is 0 Å². The minimum absolute atomic E-state index is 0.126. The van der Waals surface area contributed by atoms with E-state index in [0.29, 0.717) is 28.5 Å². The van der Waals surface area contributed by atoms with Crippen molar-refractivity contribution in [3.05, 3.63) is 53.2 Å². The van der Waals surface area contributed by atoms with Gasteiger partial charge in [-0.05, 0) is 43.0 Å². The zero-order valence-electron chi connectivity index (χ0n) is 13.3. The number of halogens is 1. The van der Waals surface area contributed by atoms with Gasteiger partial charge in [-0.15, -0.1) is 0 Å². The van der Waals surface area contributed by atoms with E-state index in [1.807, 2.05) is 24.3 Å². The topological polar surface area (TPSA) is 51.2 Å². The quantitative estimate of drug-likeness (QED) is 0.924. The first-order valence-electron chi connectivity index (χ1n) is 8.25. The number of amides is 1. The van der Waals surface area contributed by atoms with Gasteiger partial charge in [0, 0.05) is 30.3 Å². The SMILES string of the molecule is O=C(NCC1CC12CCOC2)c1cc(-c2ccccn2)ccc1Cl. The molecule has 2 fully saturated rings. The van der Waals surface area contributed by atoms with Gasteiger partial charge in [0.2, 0.25) is 0 Å². The van der Waals surface area contributed by atoms with Crippen LogP contribution in [0, 0.1) is 11.3 Å². The van der Waals surface area contributed by atoms with E-state index in [0.717, 1.165) is 37.3 Å². The molecule has 2 aliphatic rings. The molecule has 124 valence electrons. The van der Waals surface area contributed by atoms with Crippen molar-refractivity contribution in [2.45, 2.75) is 12.8 Å². The molecule has 1 amide bonds. The fourth-order valence-corrected chi connectivity index (χ4v) is 3.73. The fraction of sp³-hybridized carbons (Fsp3) is 0.368. The molecular weight excluding hydrogens is 324 g/mol. The molecule has 24 heavy (non-hydrogen) atoms. The van der Waals surface area contributed by atoms with E-state index in [1.54, 1.807) is 18.3 Å². The highest BCUT2D eigenvalue weighted by Crippen LogP contribution is 2.57. The standard InChI is InChI=1S/C19H19ClN2O2/c20-16-5-4-13(17-3-1-2-7-21-17)9-15(16)18(23)22-11-14-10-19(14)6-8-24-12-19/h1-5,7,9,14H,6,8,10-12H2,(H,22,23). The number of hydrogen-bond donors (Lipinski definition) is 1. The van der Waals surface area contributed by atoms with Crippen molar-refractivity contribution < 1.29 is 9.53 Å². The number of ether oxygens (including phenoxy) is 1. The van der Waals surface area contributed by atoms with Crippen LogP contribution >= 0.6 is 11.6 Å². The maximum atomic E-state index is 12.5. The number of rotatable bonds is 4. The average Bonchev–Trinajstić information content (AvgIpc) is 3.06. The molecule has 1 N–H and O–H groups in total. The minimum atomic E-state index is -0.126. The third kappa shape index (κ3) is 2.92. The second-order valence-corrected chi connectivity index (χ2v) is 7.09. The van der Waals surface area contributed by atoms with E-state index in [2.05, 4.69) is 10.3 Å². The summed E-state index contributed by atoms with van der Waals surface area (Å²) in [4.78, 5) is 16.9. The molecule has 2 aromatic rings. The molecule has 2 unspecified atom stereocenters. The number of hydrogen-bond acceptors (Lipinski definition) is 3. The number of nitrogens with one attached hydrogen (secondary N) is 1. The molecule has 4 nitrogen and oxygen atoms in total. The molecule has 1 aliphatic carbocycles. The summed E-state index contributed by atoms with van der Waals surface area (Å²) in [7, 11) is 0.